The standard InChI is InChI=1S/C16H14ClN3O3S2/c1-22-11-5-3-9(7-12(11)23-2)18-14(21)8-24-16-19-10-4-6-13(17)20-15(10)25-16/h3-7H,8H2,1-2H3,(H,18,21). The molecule has 1 amide bonds. The Kier molecular flexibility index (Phi) is 5.62. The number of aromatic nitrogens is 2. The van der Waals surface area contributed by atoms with Crippen LogP contribution in [-0.2, 0) is 4.79 Å². The minimum absolute atomic E-state index is 0.137. The molecule has 3 aromatic rings. The van der Waals surface area contributed by atoms with Gasteiger partial charge in [0.05, 0.1) is 20.0 Å². The number of hydrogen-bond acceptors (Lipinski definition) is 7. The summed E-state index contributed by atoms with van der Waals surface area (Å²) in [5.74, 6) is 1.27. The normalized spacial score (nSPS) is 10.7. The summed E-state index contributed by atoms with van der Waals surface area (Å²) in [6.07, 6.45) is 0. The predicted octanol–water partition coefficient (Wildman–Crippen LogP) is 4.09. The van der Waals surface area contributed by atoms with Crippen molar-refractivity contribution < 1.29 is 14.3 Å². The number of carbonyl (C=O) groups excluding carboxylic acids is 1. The molecular formula is C16H14ClN3O3S2. The van der Waals surface area contributed by atoms with Gasteiger partial charge in [0.2, 0.25) is 5.91 Å². The molecule has 0 unspecified atom stereocenters. The van der Waals surface area contributed by atoms with E-state index in [0.29, 0.717) is 22.3 Å². The van der Waals surface area contributed by atoms with Crippen LogP contribution >= 0.6 is 34.7 Å². The highest BCUT2D eigenvalue weighted by Crippen LogP contribution is 2.31. The summed E-state index contributed by atoms with van der Waals surface area (Å²) < 4.78 is 11.2. The Morgan fingerprint density at radius 1 is 1.20 bits per heavy atom. The van der Waals surface area contributed by atoms with Crippen molar-refractivity contribution in [3.63, 3.8) is 0 Å². The highest BCUT2D eigenvalue weighted by Gasteiger charge is 2.11. The van der Waals surface area contributed by atoms with Crippen LogP contribution in [0.3, 0.4) is 0 Å². The number of rotatable bonds is 6. The van der Waals surface area contributed by atoms with Gasteiger partial charge in [-0.25, -0.2) is 9.97 Å². The number of halogens is 1. The van der Waals surface area contributed by atoms with E-state index in [2.05, 4.69) is 15.3 Å². The van der Waals surface area contributed by atoms with Gasteiger partial charge in [-0.1, -0.05) is 34.7 Å². The summed E-state index contributed by atoms with van der Waals surface area (Å²) in [6, 6.07) is 8.72. The van der Waals surface area contributed by atoms with Crippen molar-refractivity contribution in [1.82, 2.24) is 9.97 Å². The molecule has 1 N–H and O–H groups in total. The number of thiazole rings is 1. The number of nitrogens with one attached hydrogen (secondary N) is 1. The van der Waals surface area contributed by atoms with E-state index in [4.69, 9.17) is 21.1 Å². The fraction of sp³-hybridized carbons (Fsp3) is 0.188. The molecule has 0 spiro atoms. The highest BCUT2D eigenvalue weighted by atomic mass is 35.5. The van der Waals surface area contributed by atoms with Crippen LogP contribution in [0, 0.1) is 0 Å². The van der Waals surface area contributed by atoms with Crippen LogP contribution in [-0.4, -0.2) is 35.8 Å². The molecule has 0 fully saturated rings. The highest BCUT2D eigenvalue weighted by molar-refractivity contribution is 8.01. The van der Waals surface area contributed by atoms with Gasteiger partial charge >= 0.3 is 0 Å². The first kappa shape index (κ1) is 17.8. The molecule has 0 atom stereocenters. The molecule has 0 aliphatic rings. The van der Waals surface area contributed by atoms with E-state index in [1.165, 1.54) is 23.1 Å². The van der Waals surface area contributed by atoms with Crippen LogP contribution in [0.15, 0.2) is 34.7 Å². The van der Waals surface area contributed by atoms with Crippen molar-refractivity contribution >= 4 is 56.6 Å². The fourth-order valence-corrected chi connectivity index (χ4v) is 4.08. The van der Waals surface area contributed by atoms with Crippen molar-refractivity contribution in [2.24, 2.45) is 0 Å². The maximum Gasteiger partial charge on any atom is 0.234 e. The van der Waals surface area contributed by atoms with Crippen molar-refractivity contribution in [3.8, 4) is 11.5 Å². The zero-order valence-corrected chi connectivity index (χ0v) is 15.8. The topological polar surface area (TPSA) is 73.3 Å². The number of benzene rings is 1. The summed E-state index contributed by atoms with van der Waals surface area (Å²) >= 11 is 8.63. The van der Waals surface area contributed by atoms with Gasteiger partial charge < -0.3 is 14.8 Å². The number of ether oxygens (including phenoxy) is 2. The molecule has 2 heterocycles. The molecule has 3 rings (SSSR count). The molecule has 0 aliphatic heterocycles. The van der Waals surface area contributed by atoms with E-state index in [1.807, 2.05) is 6.07 Å². The zero-order valence-electron chi connectivity index (χ0n) is 13.4. The van der Waals surface area contributed by atoms with E-state index in [0.717, 1.165) is 14.7 Å². The van der Waals surface area contributed by atoms with Gasteiger partial charge in [-0.2, -0.15) is 0 Å². The number of nitrogens with zero attached hydrogens (tertiary/aromatic N) is 2. The summed E-state index contributed by atoms with van der Waals surface area (Å²) in [7, 11) is 3.11. The second kappa shape index (κ2) is 7.90. The Balaban J connectivity index is 1.62. The zero-order chi connectivity index (χ0) is 17.8. The first-order chi connectivity index (χ1) is 12.1. The molecule has 130 valence electrons. The van der Waals surface area contributed by atoms with Crippen LogP contribution in [0.25, 0.3) is 10.3 Å². The Hall–Kier alpha value is -2.03. The third kappa shape index (κ3) is 4.33. The second-order valence-corrected chi connectivity index (χ2v) is 7.43. The number of thioether (sulfide) groups is 1. The Bertz CT molecular complexity index is 917. The number of methoxy groups -OCH3 is 2. The Morgan fingerprint density at radius 2 is 2.00 bits per heavy atom. The molecule has 2 aromatic heterocycles. The smallest absolute Gasteiger partial charge is 0.234 e. The molecule has 0 saturated carbocycles. The van der Waals surface area contributed by atoms with Gasteiger partial charge in [0.1, 0.15) is 15.5 Å². The van der Waals surface area contributed by atoms with E-state index < -0.39 is 0 Å². The molecule has 6 nitrogen and oxygen atoms in total. The molecule has 0 aliphatic carbocycles. The number of amides is 1. The predicted molar refractivity (Wildman–Crippen MR) is 101 cm³/mol. The third-order valence-corrected chi connectivity index (χ3v) is 5.51. The average Bonchev–Trinajstić information content (AvgIpc) is 3.01. The fourth-order valence-electron chi connectivity index (χ4n) is 2.07. The molecule has 9 heteroatoms. The number of hydrogen-bond donors (Lipinski definition) is 1. The molecule has 0 bridgehead atoms. The number of anilines is 1. The van der Waals surface area contributed by atoms with Gasteiger partial charge in [0.25, 0.3) is 0 Å². The lowest BCUT2D eigenvalue weighted by atomic mass is 10.2. The van der Waals surface area contributed by atoms with Crippen molar-refractivity contribution in [1.29, 1.82) is 0 Å². The first-order valence-corrected chi connectivity index (χ1v) is 9.35. The summed E-state index contributed by atoms with van der Waals surface area (Å²) in [5.41, 5.74) is 1.41. The Labute approximate surface area is 157 Å². The van der Waals surface area contributed by atoms with Gasteiger partial charge in [-0.05, 0) is 24.3 Å². The van der Waals surface area contributed by atoms with Crippen molar-refractivity contribution in [3.05, 3.63) is 35.5 Å². The summed E-state index contributed by atoms with van der Waals surface area (Å²) in [6.45, 7) is 0. The van der Waals surface area contributed by atoms with Crippen molar-refractivity contribution in [2.45, 2.75) is 4.34 Å². The molecule has 0 saturated heterocycles. The minimum atomic E-state index is -0.137. The minimum Gasteiger partial charge on any atom is -0.493 e. The maximum atomic E-state index is 12.1. The lowest BCUT2D eigenvalue weighted by molar-refractivity contribution is -0.113. The van der Waals surface area contributed by atoms with Gasteiger partial charge in [0.15, 0.2) is 15.8 Å². The van der Waals surface area contributed by atoms with Gasteiger partial charge in [-0.15, -0.1) is 0 Å². The van der Waals surface area contributed by atoms with Gasteiger partial charge in [0, 0.05) is 11.8 Å². The summed E-state index contributed by atoms with van der Waals surface area (Å²) in [5, 5.41) is 3.26. The number of carbonyl (C=O) groups is 1. The SMILES string of the molecule is COc1ccc(NC(=O)CSc2nc3ccc(Cl)nc3s2)cc1OC. The number of fused-ring (bicyclic) bond motifs is 1. The van der Waals surface area contributed by atoms with Crippen LogP contribution < -0.4 is 14.8 Å². The van der Waals surface area contributed by atoms with Crippen LogP contribution in [0.2, 0.25) is 5.15 Å². The van der Waals surface area contributed by atoms with E-state index in [9.17, 15) is 4.79 Å². The van der Waals surface area contributed by atoms with Crippen LogP contribution in [0.1, 0.15) is 0 Å². The molecule has 0 radical (unpaired) electrons. The van der Waals surface area contributed by atoms with Crippen molar-refractivity contribution in [2.75, 3.05) is 25.3 Å². The third-order valence-electron chi connectivity index (χ3n) is 3.20. The maximum absolute atomic E-state index is 12.1. The molecule has 25 heavy (non-hydrogen) atoms. The van der Waals surface area contributed by atoms with E-state index in [1.54, 1.807) is 38.5 Å². The quantitative estimate of drug-likeness (QED) is 0.500. The second-order valence-electron chi connectivity index (χ2n) is 4.84. The van der Waals surface area contributed by atoms with E-state index in [-0.39, 0.29) is 11.7 Å². The lowest BCUT2D eigenvalue weighted by Crippen LogP contribution is -2.14. The summed E-state index contributed by atoms with van der Waals surface area (Å²) in [4.78, 5) is 21.5. The Morgan fingerprint density at radius 3 is 2.76 bits per heavy atom. The molecule has 1 aromatic carbocycles. The molecular weight excluding hydrogens is 382 g/mol. The lowest BCUT2D eigenvalue weighted by Gasteiger charge is -2.10. The average molecular weight is 396 g/mol. The van der Waals surface area contributed by atoms with Crippen LogP contribution in [0.4, 0.5) is 5.69 Å². The van der Waals surface area contributed by atoms with E-state index >= 15 is 0 Å². The number of pyridine rings is 1. The van der Waals surface area contributed by atoms with Crippen LogP contribution in [0.5, 0.6) is 11.5 Å². The largest absolute Gasteiger partial charge is 0.493 e. The monoisotopic (exact) mass is 395 g/mol. The first-order valence-electron chi connectivity index (χ1n) is 7.17. The van der Waals surface area contributed by atoms with Gasteiger partial charge in [-0.3, -0.25) is 4.79 Å².